The minimum atomic E-state index is 1.24. The standard InChI is InChI=1S/C46H28S/c1-2-14-30(15-3-1)43-36-19-8-10-21-38(36)44(39-22-11-9-20-37(39)43)42-28-32(27-31-16-5-6-17-33(31)42)35-23-12-24-40-41-26-25-29-13-4-7-18-34(29)45(41)47-46(35)40/h1-28H. The Morgan fingerprint density at radius 1 is 0.277 bits per heavy atom. The van der Waals surface area contributed by atoms with Crippen LogP contribution in [0.3, 0.4) is 0 Å². The summed E-state index contributed by atoms with van der Waals surface area (Å²) in [6.45, 7) is 0. The molecule has 1 aromatic heterocycles. The first-order chi connectivity index (χ1) is 23.3. The Kier molecular flexibility index (Phi) is 5.85. The molecule has 0 saturated carbocycles. The molecule has 0 radical (unpaired) electrons. The molecule has 0 aliphatic rings. The number of hydrogen-bond donors (Lipinski definition) is 0. The van der Waals surface area contributed by atoms with Crippen molar-refractivity contribution in [1.29, 1.82) is 0 Å². The third kappa shape index (κ3) is 4.00. The molecule has 9 aromatic carbocycles. The van der Waals surface area contributed by atoms with Crippen molar-refractivity contribution in [2.24, 2.45) is 0 Å². The van der Waals surface area contributed by atoms with Crippen LogP contribution in [0.5, 0.6) is 0 Å². The summed E-state index contributed by atoms with van der Waals surface area (Å²) in [6.07, 6.45) is 0. The molecule has 0 atom stereocenters. The van der Waals surface area contributed by atoms with Crippen LogP contribution in [0, 0.1) is 0 Å². The molecule has 0 aliphatic heterocycles. The molecule has 1 heterocycles. The van der Waals surface area contributed by atoms with E-state index < -0.39 is 0 Å². The Morgan fingerprint density at radius 3 is 1.55 bits per heavy atom. The van der Waals surface area contributed by atoms with Crippen molar-refractivity contribution in [3.8, 4) is 33.4 Å². The highest BCUT2D eigenvalue weighted by molar-refractivity contribution is 7.27. The van der Waals surface area contributed by atoms with Crippen molar-refractivity contribution in [2.75, 3.05) is 0 Å². The zero-order valence-corrected chi connectivity index (χ0v) is 26.4. The van der Waals surface area contributed by atoms with Gasteiger partial charge in [0, 0.05) is 20.2 Å². The van der Waals surface area contributed by atoms with Crippen LogP contribution < -0.4 is 0 Å². The summed E-state index contributed by atoms with van der Waals surface area (Å²) in [4.78, 5) is 0. The quantitative estimate of drug-likeness (QED) is 0.174. The fraction of sp³-hybridized carbons (Fsp3) is 0. The van der Waals surface area contributed by atoms with Crippen LogP contribution in [0.25, 0.3) is 96.6 Å². The van der Waals surface area contributed by atoms with E-state index >= 15 is 0 Å². The van der Waals surface area contributed by atoms with Crippen molar-refractivity contribution >= 4 is 74.6 Å². The highest BCUT2D eigenvalue weighted by Gasteiger charge is 2.20. The van der Waals surface area contributed by atoms with Crippen molar-refractivity contribution in [3.05, 3.63) is 170 Å². The number of fused-ring (bicyclic) bond motifs is 8. The molecule has 0 saturated heterocycles. The maximum atomic E-state index is 2.45. The van der Waals surface area contributed by atoms with Crippen LogP contribution >= 0.6 is 11.3 Å². The van der Waals surface area contributed by atoms with Gasteiger partial charge in [-0.2, -0.15) is 0 Å². The minimum absolute atomic E-state index is 1.24. The predicted molar refractivity (Wildman–Crippen MR) is 206 cm³/mol. The number of rotatable bonds is 3. The van der Waals surface area contributed by atoms with E-state index in [9.17, 15) is 0 Å². The summed E-state index contributed by atoms with van der Waals surface area (Å²) in [6, 6.07) is 62.7. The molecular weight excluding hydrogens is 585 g/mol. The highest BCUT2D eigenvalue weighted by atomic mass is 32.1. The summed E-state index contributed by atoms with van der Waals surface area (Å²) in [5, 5.41) is 12.9. The van der Waals surface area contributed by atoms with Gasteiger partial charge in [0.2, 0.25) is 0 Å². The van der Waals surface area contributed by atoms with Crippen LogP contribution in [0.4, 0.5) is 0 Å². The van der Waals surface area contributed by atoms with E-state index in [0.29, 0.717) is 0 Å². The average Bonchev–Trinajstić information content (AvgIpc) is 3.53. The maximum absolute atomic E-state index is 2.45. The summed E-state index contributed by atoms with van der Waals surface area (Å²) >= 11 is 1.92. The van der Waals surface area contributed by atoms with Gasteiger partial charge in [-0.3, -0.25) is 0 Å². The van der Waals surface area contributed by atoms with E-state index in [1.54, 1.807) is 0 Å². The lowest BCUT2D eigenvalue weighted by atomic mass is 9.84. The normalized spacial score (nSPS) is 11.8. The molecule has 47 heavy (non-hydrogen) atoms. The Hall–Kier alpha value is -5.76. The largest absolute Gasteiger partial charge is 0.134 e. The van der Waals surface area contributed by atoms with Crippen molar-refractivity contribution < 1.29 is 0 Å². The molecule has 0 amide bonds. The summed E-state index contributed by atoms with van der Waals surface area (Å²) in [5.41, 5.74) is 7.64. The molecule has 0 fully saturated rings. The second-order valence-electron chi connectivity index (χ2n) is 12.4. The molecule has 10 rings (SSSR count). The fourth-order valence-corrected chi connectivity index (χ4v) is 9.13. The lowest BCUT2D eigenvalue weighted by molar-refractivity contribution is 1.66. The Balaban J connectivity index is 1.32. The second kappa shape index (κ2) is 10.4. The molecule has 218 valence electrons. The lowest BCUT2D eigenvalue weighted by Gasteiger charge is -2.19. The van der Waals surface area contributed by atoms with E-state index in [1.165, 1.54) is 96.6 Å². The molecule has 0 spiro atoms. The third-order valence-electron chi connectivity index (χ3n) is 9.83. The average molecular weight is 613 g/mol. The molecule has 0 bridgehead atoms. The van der Waals surface area contributed by atoms with Crippen molar-refractivity contribution in [2.45, 2.75) is 0 Å². The highest BCUT2D eigenvalue weighted by Crippen LogP contribution is 2.48. The van der Waals surface area contributed by atoms with Gasteiger partial charge < -0.3 is 0 Å². The van der Waals surface area contributed by atoms with E-state index in [4.69, 9.17) is 0 Å². The van der Waals surface area contributed by atoms with Gasteiger partial charge in [0.15, 0.2) is 0 Å². The van der Waals surface area contributed by atoms with Crippen LogP contribution in [0.15, 0.2) is 170 Å². The summed E-state index contributed by atoms with van der Waals surface area (Å²) in [5.74, 6) is 0. The number of hydrogen-bond acceptors (Lipinski definition) is 1. The van der Waals surface area contributed by atoms with Gasteiger partial charge in [-0.25, -0.2) is 0 Å². The SMILES string of the molecule is c1ccc(-c2c3ccccc3c(-c3cc(-c4cccc5c4sc4c6ccccc6ccc54)cc4ccccc34)c3ccccc23)cc1. The first kappa shape index (κ1) is 26.5. The van der Waals surface area contributed by atoms with Gasteiger partial charge in [-0.05, 0) is 88.6 Å². The van der Waals surface area contributed by atoms with Gasteiger partial charge in [0.25, 0.3) is 0 Å². The van der Waals surface area contributed by atoms with Gasteiger partial charge in [-0.1, -0.05) is 158 Å². The maximum Gasteiger partial charge on any atom is 0.0434 e. The van der Waals surface area contributed by atoms with Crippen LogP contribution in [0.1, 0.15) is 0 Å². The summed E-state index contributed by atoms with van der Waals surface area (Å²) in [7, 11) is 0. The van der Waals surface area contributed by atoms with Gasteiger partial charge in [0.05, 0.1) is 0 Å². The topological polar surface area (TPSA) is 0 Å². The molecule has 0 unspecified atom stereocenters. The zero-order valence-electron chi connectivity index (χ0n) is 25.6. The molecule has 1 heteroatoms. The van der Waals surface area contributed by atoms with Gasteiger partial charge in [-0.15, -0.1) is 11.3 Å². The minimum Gasteiger partial charge on any atom is -0.134 e. The Morgan fingerprint density at radius 2 is 0.830 bits per heavy atom. The summed E-state index contributed by atoms with van der Waals surface area (Å²) < 4.78 is 2.70. The van der Waals surface area contributed by atoms with Crippen LogP contribution in [-0.4, -0.2) is 0 Å². The lowest BCUT2D eigenvalue weighted by Crippen LogP contribution is -1.92. The zero-order chi connectivity index (χ0) is 30.9. The molecule has 0 aliphatic carbocycles. The van der Waals surface area contributed by atoms with E-state index in [-0.39, 0.29) is 0 Å². The Labute approximate surface area is 276 Å². The first-order valence-corrected chi connectivity index (χ1v) is 17.0. The van der Waals surface area contributed by atoms with Gasteiger partial charge in [0.1, 0.15) is 0 Å². The van der Waals surface area contributed by atoms with E-state index in [0.717, 1.165) is 0 Å². The molecule has 10 aromatic rings. The van der Waals surface area contributed by atoms with E-state index in [2.05, 4.69) is 170 Å². The Bertz CT molecular complexity index is 2780. The van der Waals surface area contributed by atoms with Crippen molar-refractivity contribution in [3.63, 3.8) is 0 Å². The van der Waals surface area contributed by atoms with Crippen LogP contribution in [0.2, 0.25) is 0 Å². The van der Waals surface area contributed by atoms with Gasteiger partial charge >= 0.3 is 0 Å². The fourth-order valence-electron chi connectivity index (χ4n) is 7.76. The monoisotopic (exact) mass is 612 g/mol. The van der Waals surface area contributed by atoms with E-state index in [1.807, 2.05) is 11.3 Å². The molecule has 0 nitrogen and oxygen atoms in total. The number of benzene rings is 9. The predicted octanol–water partition coefficient (Wildman–Crippen LogP) is 13.7. The molecular formula is C46H28S. The third-order valence-corrected chi connectivity index (χ3v) is 11.1. The smallest absolute Gasteiger partial charge is 0.0434 e. The second-order valence-corrected chi connectivity index (χ2v) is 13.4. The van der Waals surface area contributed by atoms with Crippen LogP contribution in [-0.2, 0) is 0 Å². The van der Waals surface area contributed by atoms with Crippen molar-refractivity contribution in [1.82, 2.24) is 0 Å². The first-order valence-electron chi connectivity index (χ1n) is 16.2. The molecule has 0 N–H and O–H groups in total. The number of thiophene rings is 1.